The quantitative estimate of drug-likeness (QED) is 0.617. The number of fused-ring (bicyclic) bond motifs is 1. The highest BCUT2D eigenvalue weighted by atomic mass is 79.9. The summed E-state index contributed by atoms with van der Waals surface area (Å²) >= 11 is 3.37. The Kier molecular flexibility index (Phi) is 5.06. The minimum Gasteiger partial charge on any atom is -0.387 e. The van der Waals surface area contributed by atoms with Gasteiger partial charge in [0.25, 0.3) is 15.9 Å². The van der Waals surface area contributed by atoms with Gasteiger partial charge in [0, 0.05) is 10.0 Å². The minimum absolute atomic E-state index is 0.0218. The van der Waals surface area contributed by atoms with Crippen LogP contribution in [0.15, 0.2) is 82.2 Å². The maximum atomic E-state index is 13.5. The number of amides is 1. The molecule has 0 radical (unpaired) electrons. The lowest BCUT2D eigenvalue weighted by atomic mass is 9.85. The molecule has 1 aliphatic rings. The lowest BCUT2D eigenvalue weighted by molar-refractivity contribution is -0.122. The van der Waals surface area contributed by atoms with Crippen LogP contribution in [0.2, 0.25) is 0 Å². The Morgan fingerprint density at radius 1 is 0.966 bits per heavy atom. The normalized spacial score (nSPS) is 19.1. The van der Waals surface area contributed by atoms with E-state index in [2.05, 4.69) is 15.9 Å². The second kappa shape index (κ2) is 7.40. The summed E-state index contributed by atoms with van der Waals surface area (Å²) in [5.41, 5.74) is 2.01. The molecule has 0 unspecified atom stereocenters. The molecule has 1 N–H and O–H groups in total. The van der Waals surface area contributed by atoms with Gasteiger partial charge in [-0.05, 0) is 42.8 Å². The molecule has 1 aliphatic heterocycles. The van der Waals surface area contributed by atoms with Crippen molar-refractivity contribution in [2.45, 2.75) is 23.8 Å². The molecule has 0 saturated carbocycles. The second-order valence-corrected chi connectivity index (χ2v) is 9.66. The molecule has 0 bridgehead atoms. The minimum atomic E-state index is -4.16. The third kappa shape index (κ3) is 3.39. The first-order valence-corrected chi connectivity index (χ1v) is 11.2. The zero-order valence-electron chi connectivity index (χ0n) is 15.5. The third-order valence-corrected chi connectivity index (χ3v) is 7.25. The summed E-state index contributed by atoms with van der Waals surface area (Å²) in [6, 6.07) is 19.9. The number of nitrogens with zero attached hydrogens (tertiary/aromatic N) is 1. The van der Waals surface area contributed by atoms with Crippen molar-refractivity contribution in [1.29, 1.82) is 0 Å². The predicted octanol–water partition coefficient (Wildman–Crippen LogP) is 4.31. The maximum absolute atomic E-state index is 13.5. The average molecular weight is 472 g/mol. The number of aliphatic hydroxyl groups excluding tert-OH is 1. The number of carbonyl (C=O) groups excluding carboxylic acids is 1. The van der Waals surface area contributed by atoms with Crippen molar-refractivity contribution in [3.05, 3.63) is 94.0 Å². The largest absolute Gasteiger partial charge is 0.387 e. The van der Waals surface area contributed by atoms with Crippen LogP contribution in [-0.2, 0) is 14.8 Å². The molecule has 2 atom stereocenters. The topological polar surface area (TPSA) is 74.7 Å². The predicted molar refractivity (Wildman–Crippen MR) is 114 cm³/mol. The number of hydrogen-bond acceptors (Lipinski definition) is 4. The molecule has 4 rings (SSSR count). The molecule has 3 aromatic carbocycles. The number of rotatable bonds is 3. The van der Waals surface area contributed by atoms with Crippen LogP contribution in [0.1, 0.15) is 28.7 Å². The van der Waals surface area contributed by atoms with Crippen molar-refractivity contribution in [2.75, 3.05) is 4.31 Å². The van der Waals surface area contributed by atoms with Gasteiger partial charge in [-0.1, -0.05) is 64.0 Å². The van der Waals surface area contributed by atoms with Gasteiger partial charge in [0.15, 0.2) is 0 Å². The van der Waals surface area contributed by atoms with Crippen molar-refractivity contribution in [3.8, 4) is 0 Å². The first-order chi connectivity index (χ1) is 13.8. The highest BCUT2D eigenvalue weighted by Crippen LogP contribution is 2.45. The molecule has 29 heavy (non-hydrogen) atoms. The number of aliphatic hydroxyl groups is 1. The highest BCUT2D eigenvalue weighted by Gasteiger charge is 2.45. The van der Waals surface area contributed by atoms with Crippen LogP contribution in [0.25, 0.3) is 0 Å². The monoisotopic (exact) mass is 471 g/mol. The summed E-state index contributed by atoms with van der Waals surface area (Å²) in [4.78, 5) is 13.5. The molecule has 7 heteroatoms. The molecule has 1 amide bonds. The van der Waals surface area contributed by atoms with Gasteiger partial charge in [0.2, 0.25) is 0 Å². The van der Waals surface area contributed by atoms with Gasteiger partial charge in [-0.3, -0.25) is 4.79 Å². The number of anilines is 1. The number of hydrogen-bond donors (Lipinski definition) is 1. The number of benzene rings is 3. The summed E-state index contributed by atoms with van der Waals surface area (Å²) in [5.74, 6) is -1.71. The summed E-state index contributed by atoms with van der Waals surface area (Å²) in [7, 11) is -4.16. The van der Waals surface area contributed by atoms with Crippen LogP contribution < -0.4 is 4.31 Å². The van der Waals surface area contributed by atoms with Gasteiger partial charge in [0.05, 0.1) is 22.6 Å². The van der Waals surface area contributed by atoms with Gasteiger partial charge < -0.3 is 5.11 Å². The smallest absolute Gasteiger partial charge is 0.270 e. The van der Waals surface area contributed by atoms with Crippen molar-refractivity contribution in [3.63, 3.8) is 0 Å². The molecule has 0 aromatic heterocycles. The van der Waals surface area contributed by atoms with E-state index in [9.17, 15) is 18.3 Å². The fourth-order valence-corrected chi connectivity index (χ4v) is 5.40. The zero-order chi connectivity index (χ0) is 20.8. The molecular formula is C22H18BrNO4S. The van der Waals surface area contributed by atoms with Gasteiger partial charge >= 0.3 is 0 Å². The molecule has 0 fully saturated rings. The van der Waals surface area contributed by atoms with Crippen LogP contribution >= 0.6 is 15.9 Å². The Morgan fingerprint density at radius 2 is 1.62 bits per heavy atom. The summed E-state index contributed by atoms with van der Waals surface area (Å²) in [6.45, 7) is 1.86. The lowest BCUT2D eigenvalue weighted by Crippen LogP contribution is -2.45. The van der Waals surface area contributed by atoms with E-state index < -0.39 is 28.0 Å². The molecule has 1 heterocycles. The van der Waals surface area contributed by atoms with Crippen molar-refractivity contribution >= 4 is 37.5 Å². The third-order valence-electron chi connectivity index (χ3n) is 5.03. The van der Waals surface area contributed by atoms with Crippen molar-refractivity contribution in [2.24, 2.45) is 0 Å². The van der Waals surface area contributed by atoms with Crippen LogP contribution in [-0.4, -0.2) is 19.4 Å². The maximum Gasteiger partial charge on any atom is 0.270 e. The Hall–Kier alpha value is -2.48. The Bertz CT molecular complexity index is 1180. The standard InChI is InChI=1S/C22H18BrNO4S/c1-14-7-10-17(11-8-14)29(27,28)24-19-12-9-16(23)13-18(19)21(25)20(22(24)26)15-5-3-2-4-6-15/h2-13,20-21,25H,1H3/t20-,21-/m0/s1. The fraction of sp³-hybridized carbons (Fsp3) is 0.136. The van der Waals surface area contributed by atoms with E-state index in [1.54, 1.807) is 54.6 Å². The summed E-state index contributed by atoms with van der Waals surface area (Å²) < 4.78 is 28.4. The van der Waals surface area contributed by atoms with Gasteiger partial charge in [-0.25, -0.2) is 12.7 Å². The molecule has 148 valence electrons. The van der Waals surface area contributed by atoms with Crippen molar-refractivity contribution in [1.82, 2.24) is 0 Å². The Balaban J connectivity index is 1.94. The molecule has 0 aliphatic carbocycles. The number of halogens is 1. The number of aryl methyl sites for hydroxylation is 1. The number of sulfonamides is 1. The fourth-order valence-electron chi connectivity index (χ4n) is 3.56. The average Bonchev–Trinajstić information content (AvgIpc) is 2.70. The van der Waals surface area contributed by atoms with E-state index in [0.29, 0.717) is 15.6 Å². The molecule has 5 nitrogen and oxygen atoms in total. The van der Waals surface area contributed by atoms with Gasteiger partial charge in [-0.2, -0.15) is 0 Å². The van der Waals surface area contributed by atoms with Crippen LogP contribution in [0.3, 0.4) is 0 Å². The SMILES string of the molecule is Cc1ccc(S(=O)(=O)N2C(=O)[C@@H](c3ccccc3)[C@@H](O)c3cc(Br)ccc32)cc1. The van der Waals surface area contributed by atoms with E-state index in [-0.39, 0.29) is 10.6 Å². The Morgan fingerprint density at radius 3 is 2.28 bits per heavy atom. The van der Waals surface area contributed by atoms with Crippen molar-refractivity contribution < 1.29 is 18.3 Å². The molecule has 0 saturated heterocycles. The van der Waals surface area contributed by atoms with E-state index in [1.165, 1.54) is 18.2 Å². The number of carbonyl (C=O) groups is 1. The van der Waals surface area contributed by atoms with Crippen LogP contribution in [0.5, 0.6) is 0 Å². The van der Waals surface area contributed by atoms with E-state index in [1.807, 2.05) is 6.92 Å². The zero-order valence-corrected chi connectivity index (χ0v) is 17.9. The van der Waals surface area contributed by atoms with E-state index in [4.69, 9.17) is 0 Å². The second-order valence-electron chi connectivity index (χ2n) is 6.96. The molecular weight excluding hydrogens is 454 g/mol. The summed E-state index contributed by atoms with van der Waals surface area (Å²) in [5, 5.41) is 11.0. The Labute approximate surface area is 177 Å². The molecule has 0 spiro atoms. The molecule has 3 aromatic rings. The van der Waals surface area contributed by atoms with Gasteiger partial charge in [0.1, 0.15) is 0 Å². The van der Waals surface area contributed by atoms with Crippen LogP contribution in [0.4, 0.5) is 5.69 Å². The first-order valence-electron chi connectivity index (χ1n) is 8.99. The lowest BCUT2D eigenvalue weighted by Gasteiger charge is -2.36. The summed E-state index contributed by atoms with van der Waals surface area (Å²) in [6.07, 6.45) is -1.16. The van der Waals surface area contributed by atoms with E-state index in [0.717, 1.165) is 9.87 Å². The first kappa shape index (κ1) is 19.8. The van der Waals surface area contributed by atoms with Crippen LogP contribution in [0, 0.1) is 6.92 Å². The highest BCUT2D eigenvalue weighted by molar-refractivity contribution is 9.10. The van der Waals surface area contributed by atoms with E-state index >= 15 is 0 Å². The van der Waals surface area contributed by atoms with Gasteiger partial charge in [-0.15, -0.1) is 0 Å².